The van der Waals surface area contributed by atoms with Gasteiger partial charge in [-0.3, -0.25) is 9.78 Å². The highest BCUT2D eigenvalue weighted by molar-refractivity contribution is 9.11. The van der Waals surface area contributed by atoms with E-state index in [0.717, 1.165) is 34.0 Å². The van der Waals surface area contributed by atoms with Crippen molar-refractivity contribution in [1.82, 2.24) is 19.6 Å². The second-order valence-electron chi connectivity index (χ2n) is 7.49. The largest absolute Gasteiger partial charge is 0.481 e. The normalized spacial score (nSPS) is 19.5. The van der Waals surface area contributed by atoms with Crippen LogP contribution in [0.3, 0.4) is 0 Å². The van der Waals surface area contributed by atoms with Crippen LogP contribution < -0.4 is 5.73 Å². The number of carboxylic acids is 1. The smallest absolute Gasteiger partial charge is 0.306 e. The van der Waals surface area contributed by atoms with Gasteiger partial charge in [0.05, 0.1) is 37.7 Å². The number of fused-ring (bicyclic) bond motifs is 2. The van der Waals surface area contributed by atoms with Gasteiger partial charge in [-0.25, -0.2) is 4.98 Å². The molecule has 10 heteroatoms. The van der Waals surface area contributed by atoms with E-state index in [0.29, 0.717) is 40.1 Å². The minimum Gasteiger partial charge on any atom is -0.481 e. The molecular weight excluding hydrogens is 518 g/mol. The zero-order chi connectivity index (χ0) is 21.0. The van der Waals surface area contributed by atoms with Gasteiger partial charge in [-0.15, -0.1) is 0 Å². The lowest BCUT2D eigenvalue weighted by molar-refractivity contribution is -0.142. The summed E-state index contributed by atoms with van der Waals surface area (Å²) in [5.41, 5.74) is 9.23. The molecule has 1 fully saturated rings. The minimum absolute atomic E-state index is 0.133. The summed E-state index contributed by atoms with van der Waals surface area (Å²) in [7, 11) is 0. The van der Waals surface area contributed by atoms with Crippen LogP contribution in [0.5, 0.6) is 0 Å². The van der Waals surface area contributed by atoms with E-state index in [9.17, 15) is 9.90 Å². The first-order valence-electron chi connectivity index (χ1n) is 9.53. The Morgan fingerprint density at radius 3 is 2.67 bits per heavy atom. The molecule has 1 saturated carbocycles. The molecule has 0 atom stereocenters. The van der Waals surface area contributed by atoms with Crippen LogP contribution >= 0.6 is 31.9 Å². The topological polar surface area (TPSA) is 120 Å². The minimum atomic E-state index is -0.724. The highest BCUT2D eigenvalue weighted by Gasteiger charge is 2.30. The highest BCUT2D eigenvalue weighted by atomic mass is 79.9. The van der Waals surface area contributed by atoms with Crippen molar-refractivity contribution < 1.29 is 14.3 Å². The molecule has 0 aliphatic heterocycles. The average Bonchev–Trinajstić information content (AvgIpc) is 3.32. The van der Waals surface area contributed by atoms with E-state index >= 15 is 0 Å². The zero-order valence-corrected chi connectivity index (χ0v) is 18.9. The van der Waals surface area contributed by atoms with Gasteiger partial charge in [0, 0.05) is 18.3 Å². The van der Waals surface area contributed by atoms with E-state index in [-0.39, 0.29) is 11.8 Å². The lowest BCUT2D eigenvalue weighted by Gasteiger charge is -2.26. The van der Waals surface area contributed by atoms with Gasteiger partial charge in [0.2, 0.25) is 0 Å². The molecule has 5 rings (SSSR count). The number of aliphatic carboxylic acids is 1. The summed E-state index contributed by atoms with van der Waals surface area (Å²) in [6.45, 7) is 0. The fraction of sp³-hybridized carbons (Fsp3) is 0.300. The Morgan fingerprint density at radius 1 is 1.20 bits per heavy atom. The summed E-state index contributed by atoms with van der Waals surface area (Å²) in [6.07, 6.45) is 7.87. The van der Waals surface area contributed by atoms with Crippen molar-refractivity contribution >= 4 is 60.3 Å². The maximum atomic E-state index is 11.3. The predicted octanol–water partition coefficient (Wildman–Crippen LogP) is 5.00. The number of pyridine rings is 1. The highest BCUT2D eigenvalue weighted by Crippen LogP contribution is 2.42. The molecule has 3 N–H and O–H groups in total. The van der Waals surface area contributed by atoms with Crippen molar-refractivity contribution in [2.75, 3.05) is 5.73 Å². The summed E-state index contributed by atoms with van der Waals surface area (Å²) in [4.78, 5) is 20.4. The molecule has 0 amide bonds. The number of aromatic nitrogens is 4. The first-order chi connectivity index (χ1) is 14.5. The number of anilines is 1. The fourth-order valence-electron chi connectivity index (χ4n) is 4.14. The lowest BCUT2D eigenvalue weighted by atomic mass is 9.80. The third kappa shape index (κ3) is 3.01. The van der Waals surface area contributed by atoms with E-state index in [1.165, 1.54) is 0 Å². The maximum Gasteiger partial charge on any atom is 0.306 e. The Morgan fingerprint density at radius 2 is 1.97 bits per heavy atom. The van der Waals surface area contributed by atoms with Crippen LogP contribution in [0.25, 0.3) is 27.9 Å². The molecule has 1 aliphatic rings. The van der Waals surface area contributed by atoms with Crippen LogP contribution in [-0.2, 0) is 4.79 Å². The van der Waals surface area contributed by atoms with Gasteiger partial charge in [-0.1, -0.05) is 0 Å². The second-order valence-corrected chi connectivity index (χ2v) is 9.08. The maximum absolute atomic E-state index is 11.3. The van der Waals surface area contributed by atoms with Crippen LogP contribution in [0.1, 0.15) is 37.3 Å². The molecule has 4 aromatic heterocycles. The number of hydrogen-bond donors (Lipinski definition) is 2. The van der Waals surface area contributed by atoms with E-state index in [1.807, 2.05) is 0 Å². The molecular formula is C20H17Br2N5O3. The van der Waals surface area contributed by atoms with E-state index < -0.39 is 5.97 Å². The summed E-state index contributed by atoms with van der Waals surface area (Å²) in [5, 5.41) is 14.6. The Balaban J connectivity index is 1.62. The van der Waals surface area contributed by atoms with Crippen molar-refractivity contribution in [3.63, 3.8) is 0 Å². The number of rotatable bonds is 3. The van der Waals surface area contributed by atoms with Gasteiger partial charge in [0.25, 0.3) is 0 Å². The number of furan rings is 1. The molecule has 4 heterocycles. The van der Waals surface area contributed by atoms with Crippen LogP contribution in [0, 0.1) is 5.92 Å². The Kier molecular flexibility index (Phi) is 4.78. The molecule has 0 spiro atoms. The molecule has 0 bridgehead atoms. The monoisotopic (exact) mass is 533 g/mol. The summed E-state index contributed by atoms with van der Waals surface area (Å²) >= 11 is 7.20. The first-order valence-corrected chi connectivity index (χ1v) is 11.1. The molecule has 0 radical (unpaired) electrons. The molecule has 0 aromatic carbocycles. The Bertz CT molecular complexity index is 1290. The molecule has 1 aliphatic carbocycles. The summed E-state index contributed by atoms with van der Waals surface area (Å²) in [5.74, 6) is 0.191. The average molecular weight is 535 g/mol. The number of carbonyl (C=O) groups is 1. The molecule has 4 aromatic rings. The first kappa shape index (κ1) is 19.5. The SMILES string of the molecule is Nc1c(Br)c(C2CCC(C(=O)O)CC2)nc2c(-c3oc4ccncc4c3Br)cnn12. The molecule has 30 heavy (non-hydrogen) atoms. The van der Waals surface area contributed by atoms with Crippen LogP contribution in [-0.4, -0.2) is 30.7 Å². The van der Waals surface area contributed by atoms with Gasteiger partial charge in [-0.05, 0) is 63.6 Å². The number of hydrogen-bond acceptors (Lipinski definition) is 6. The van der Waals surface area contributed by atoms with Crippen molar-refractivity contribution in [2.24, 2.45) is 5.92 Å². The molecule has 0 unspecified atom stereocenters. The third-order valence-electron chi connectivity index (χ3n) is 5.78. The van der Waals surface area contributed by atoms with E-state index in [2.05, 4.69) is 41.9 Å². The number of nitrogens with two attached hydrogens (primary N) is 1. The van der Waals surface area contributed by atoms with Gasteiger partial charge in [-0.2, -0.15) is 9.61 Å². The number of halogens is 2. The third-order valence-corrected chi connectivity index (χ3v) is 7.38. The van der Waals surface area contributed by atoms with Crippen molar-refractivity contribution in [3.05, 3.63) is 39.3 Å². The van der Waals surface area contributed by atoms with Crippen molar-refractivity contribution in [3.8, 4) is 11.3 Å². The Hall–Kier alpha value is -2.46. The molecule has 154 valence electrons. The van der Waals surface area contributed by atoms with Gasteiger partial charge < -0.3 is 15.3 Å². The molecule has 8 nitrogen and oxygen atoms in total. The van der Waals surface area contributed by atoms with Gasteiger partial charge in [0.15, 0.2) is 11.4 Å². The lowest BCUT2D eigenvalue weighted by Crippen LogP contribution is -2.21. The summed E-state index contributed by atoms with van der Waals surface area (Å²) in [6, 6.07) is 1.81. The van der Waals surface area contributed by atoms with E-state index in [1.54, 1.807) is 29.2 Å². The predicted molar refractivity (Wildman–Crippen MR) is 118 cm³/mol. The summed E-state index contributed by atoms with van der Waals surface area (Å²) < 4.78 is 9.13. The van der Waals surface area contributed by atoms with Crippen LogP contribution in [0.2, 0.25) is 0 Å². The number of nitrogen functional groups attached to an aromatic ring is 1. The second kappa shape index (κ2) is 7.35. The fourth-order valence-corrected chi connectivity index (χ4v) is 5.32. The van der Waals surface area contributed by atoms with Gasteiger partial charge in [0.1, 0.15) is 11.4 Å². The van der Waals surface area contributed by atoms with Crippen LogP contribution in [0.15, 0.2) is 38.0 Å². The number of nitrogens with zero attached hydrogens (tertiary/aromatic N) is 4. The standard InChI is InChI=1S/C20H17Br2N5O3/c21-14-11-7-24-6-5-13(11)30-17(14)12-8-25-27-18(23)15(22)16(26-19(12)27)9-1-3-10(4-2-9)20(28)29/h5-10H,1-4,23H2,(H,28,29). The van der Waals surface area contributed by atoms with Crippen molar-refractivity contribution in [2.45, 2.75) is 31.6 Å². The van der Waals surface area contributed by atoms with E-state index in [4.69, 9.17) is 15.1 Å². The van der Waals surface area contributed by atoms with Crippen molar-refractivity contribution in [1.29, 1.82) is 0 Å². The number of carboxylic acid groups (broad SMARTS) is 1. The Labute approximate surface area is 187 Å². The van der Waals surface area contributed by atoms with Crippen LogP contribution in [0.4, 0.5) is 5.82 Å². The quantitative estimate of drug-likeness (QED) is 0.379. The zero-order valence-electron chi connectivity index (χ0n) is 15.7. The molecule has 0 saturated heterocycles. The van der Waals surface area contributed by atoms with Gasteiger partial charge >= 0.3 is 5.97 Å².